The molecule has 1 amide bonds. The zero-order chi connectivity index (χ0) is 23.2. The van der Waals surface area contributed by atoms with Crippen LogP contribution >= 0.6 is 0 Å². The van der Waals surface area contributed by atoms with Gasteiger partial charge in [-0.2, -0.15) is 4.31 Å². The molecule has 2 aromatic rings. The van der Waals surface area contributed by atoms with Crippen molar-refractivity contribution in [2.45, 2.75) is 17.7 Å². The van der Waals surface area contributed by atoms with Gasteiger partial charge in [0.15, 0.2) is 5.75 Å². The molecule has 0 saturated carbocycles. The molecule has 4 heterocycles. The molecule has 0 bridgehead atoms. The fraction of sp³-hybridized carbons (Fsp3) is 0.391. The number of carbonyl (C=O) groups excluding carboxylic acids is 1. The second-order valence-corrected chi connectivity index (χ2v) is 10.4. The van der Waals surface area contributed by atoms with Crippen molar-refractivity contribution in [1.82, 2.24) is 14.2 Å². The maximum atomic E-state index is 13.2. The normalized spacial score (nSPS) is 19.0. The van der Waals surface area contributed by atoms with Crippen molar-refractivity contribution in [1.29, 1.82) is 0 Å². The van der Waals surface area contributed by atoms with Crippen LogP contribution in [0.3, 0.4) is 0 Å². The summed E-state index contributed by atoms with van der Waals surface area (Å²) in [5.41, 5.74) is 3.71. The van der Waals surface area contributed by atoms with Gasteiger partial charge in [-0.1, -0.05) is 29.8 Å². The molecule has 0 saturated heterocycles. The number of sulfonamides is 1. The maximum absolute atomic E-state index is 13.2. The summed E-state index contributed by atoms with van der Waals surface area (Å²) in [4.78, 5) is 18.9. The molecule has 0 spiro atoms. The van der Waals surface area contributed by atoms with Crippen molar-refractivity contribution in [3.63, 3.8) is 0 Å². The van der Waals surface area contributed by atoms with Gasteiger partial charge in [0.2, 0.25) is 15.9 Å². The number of rotatable bonds is 5. The standard InChI is InChI=1S/C23H25N3O6S/c1-15-2-4-16(5-3-15)20(14-27)23(28)25-10-17-12-26(13-18(17)11-25)33(29,30)19-8-21-22(24-9-19)32-7-6-31-21/h2-5,8-9,20,27H,6-7,10-14H2,1H3. The fourth-order valence-electron chi connectivity index (χ4n) is 4.42. The lowest BCUT2D eigenvalue weighted by Gasteiger charge is -2.26. The summed E-state index contributed by atoms with van der Waals surface area (Å²) in [6.45, 7) is 3.60. The summed E-state index contributed by atoms with van der Waals surface area (Å²) in [5, 5.41) is 9.87. The van der Waals surface area contributed by atoms with E-state index in [1.807, 2.05) is 31.2 Å². The Hall–Kier alpha value is -2.95. The van der Waals surface area contributed by atoms with Crippen molar-refractivity contribution >= 4 is 15.9 Å². The molecule has 174 valence electrons. The molecule has 1 N–H and O–H groups in total. The highest BCUT2D eigenvalue weighted by molar-refractivity contribution is 7.89. The van der Waals surface area contributed by atoms with Gasteiger partial charge in [-0.25, -0.2) is 13.4 Å². The van der Waals surface area contributed by atoms with Gasteiger partial charge < -0.3 is 19.5 Å². The Morgan fingerprint density at radius 3 is 2.42 bits per heavy atom. The zero-order valence-corrected chi connectivity index (χ0v) is 19.0. The van der Waals surface area contributed by atoms with E-state index in [1.165, 1.54) is 16.6 Å². The molecule has 10 heteroatoms. The molecule has 1 aromatic carbocycles. The number of ether oxygens (including phenoxy) is 2. The van der Waals surface area contributed by atoms with Crippen LogP contribution < -0.4 is 9.47 Å². The topological polar surface area (TPSA) is 109 Å². The lowest BCUT2D eigenvalue weighted by molar-refractivity contribution is -0.132. The Bertz CT molecular complexity index is 1210. The van der Waals surface area contributed by atoms with E-state index < -0.39 is 15.9 Å². The summed E-state index contributed by atoms with van der Waals surface area (Å²) < 4.78 is 38.6. The third kappa shape index (κ3) is 3.98. The first-order valence-electron chi connectivity index (χ1n) is 10.8. The minimum atomic E-state index is -3.77. The van der Waals surface area contributed by atoms with E-state index in [0.29, 0.717) is 37.9 Å². The number of nitrogens with zero attached hydrogens (tertiary/aromatic N) is 3. The van der Waals surface area contributed by atoms with Crippen molar-refractivity contribution in [3.05, 3.63) is 58.8 Å². The number of hydrogen-bond acceptors (Lipinski definition) is 7. The van der Waals surface area contributed by atoms with Gasteiger partial charge in [-0.05, 0) is 23.6 Å². The molecular weight excluding hydrogens is 446 g/mol. The highest BCUT2D eigenvalue weighted by Crippen LogP contribution is 2.34. The van der Waals surface area contributed by atoms with Crippen LogP contribution in [0.15, 0.2) is 52.6 Å². The number of aromatic nitrogens is 1. The van der Waals surface area contributed by atoms with E-state index >= 15 is 0 Å². The van der Waals surface area contributed by atoms with E-state index in [4.69, 9.17) is 9.47 Å². The molecule has 1 atom stereocenters. The molecule has 0 aliphatic carbocycles. The number of pyridine rings is 1. The Kier molecular flexibility index (Phi) is 5.59. The van der Waals surface area contributed by atoms with Crippen molar-refractivity contribution in [2.24, 2.45) is 0 Å². The molecule has 33 heavy (non-hydrogen) atoms. The van der Waals surface area contributed by atoms with Crippen molar-refractivity contribution in [3.8, 4) is 11.6 Å². The minimum Gasteiger partial charge on any atom is -0.484 e. The van der Waals surface area contributed by atoms with E-state index in [-0.39, 0.29) is 30.5 Å². The van der Waals surface area contributed by atoms with Gasteiger partial charge in [-0.15, -0.1) is 0 Å². The van der Waals surface area contributed by atoms with Crippen molar-refractivity contribution < 1.29 is 27.8 Å². The Morgan fingerprint density at radius 1 is 1.09 bits per heavy atom. The number of fused-ring (bicyclic) bond motifs is 1. The minimum absolute atomic E-state index is 0.0561. The van der Waals surface area contributed by atoms with Crippen LogP contribution in [-0.4, -0.2) is 79.6 Å². The number of aryl methyl sites for hydroxylation is 1. The second-order valence-electron chi connectivity index (χ2n) is 8.49. The first-order chi connectivity index (χ1) is 15.9. The van der Waals surface area contributed by atoms with Crippen LogP contribution in [-0.2, 0) is 14.8 Å². The number of hydrogen-bond donors (Lipinski definition) is 1. The third-order valence-electron chi connectivity index (χ3n) is 6.28. The Morgan fingerprint density at radius 2 is 1.76 bits per heavy atom. The number of benzene rings is 1. The second kappa shape index (κ2) is 8.44. The zero-order valence-electron chi connectivity index (χ0n) is 18.2. The summed E-state index contributed by atoms with van der Waals surface area (Å²) in [6, 6.07) is 9.01. The smallest absolute Gasteiger partial charge is 0.257 e. The first-order valence-corrected chi connectivity index (χ1v) is 12.2. The Labute approximate surface area is 192 Å². The van der Waals surface area contributed by atoms with Gasteiger partial charge in [0, 0.05) is 32.2 Å². The Balaban J connectivity index is 1.26. The molecule has 3 aliphatic heterocycles. The molecule has 1 aromatic heterocycles. The van der Waals surface area contributed by atoms with Gasteiger partial charge in [0.25, 0.3) is 5.88 Å². The monoisotopic (exact) mass is 471 g/mol. The predicted molar refractivity (Wildman–Crippen MR) is 119 cm³/mol. The predicted octanol–water partition coefficient (Wildman–Crippen LogP) is 1.08. The van der Waals surface area contributed by atoms with E-state index in [2.05, 4.69) is 4.98 Å². The fourth-order valence-corrected chi connectivity index (χ4v) is 5.81. The van der Waals surface area contributed by atoms with Crippen LogP contribution in [0.25, 0.3) is 0 Å². The van der Waals surface area contributed by atoms with Crippen LogP contribution in [0.5, 0.6) is 11.6 Å². The average Bonchev–Trinajstić information content (AvgIpc) is 3.40. The number of aliphatic hydroxyl groups excluding tert-OH is 1. The molecule has 3 aliphatic rings. The molecule has 9 nitrogen and oxygen atoms in total. The van der Waals surface area contributed by atoms with Crippen LogP contribution in [0.2, 0.25) is 0 Å². The number of aliphatic hydroxyl groups is 1. The number of amides is 1. The van der Waals surface area contributed by atoms with Gasteiger partial charge in [0.05, 0.1) is 18.7 Å². The van der Waals surface area contributed by atoms with E-state index in [0.717, 1.165) is 22.3 Å². The summed E-state index contributed by atoms with van der Waals surface area (Å²) in [7, 11) is -3.77. The van der Waals surface area contributed by atoms with E-state index in [1.54, 1.807) is 4.90 Å². The SMILES string of the molecule is Cc1ccc(C(CO)C(=O)N2CC3=C(C2)CN(S(=O)(=O)c2cnc4c(c2)OCCO4)C3)cc1. The van der Waals surface area contributed by atoms with Gasteiger partial charge in [0.1, 0.15) is 18.1 Å². The molecular formula is C23H25N3O6S. The number of carbonyl (C=O) groups is 1. The average molecular weight is 472 g/mol. The lowest BCUT2D eigenvalue weighted by atomic mass is 9.97. The van der Waals surface area contributed by atoms with Gasteiger partial charge >= 0.3 is 0 Å². The molecule has 1 unspecified atom stereocenters. The quantitative estimate of drug-likeness (QED) is 0.650. The third-order valence-corrected chi connectivity index (χ3v) is 8.04. The first kappa shape index (κ1) is 21.9. The molecule has 0 fully saturated rings. The van der Waals surface area contributed by atoms with Crippen LogP contribution in [0.4, 0.5) is 0 Å². The van der Waals surface area contributed by atoms with Crippen molar-refractivity contribution in [2.75, 3.05) is 46.0 Å². The van der Waals surface area contributed by atoms with E-state index in [9.17, 15) is 18.3 Å². The molecule has 0 radical (unpaired) electrons. The largest absolute Gasteiger partial charge is 0.484 e. The highest BCUT2D eigenvalue weighted by Gasteiger charge is 2.39. The maximum Gasteiger partial charge on any atom is 0.257 e. The van der Waals surface area contributed by atoms with Crippen LogP contribution in [0.1, 0.15) is 17.0 Å². The van der Waals surface area contributed by atoms with Gasteiger partial charge in [-0.3, -0.25) is 4.79 Å². The summed E-state index contributed by atoms with van der Waals surface area (Å²) >= 11 is 0. The summed E-state index contributed by atoms with van der Waals surface area (Å²) in [6.07, 6.45) is 1.29. The summed E-state index contributed by atoms with van der Waals surface area (Å²) in [5.74, 6) is -0.163. The lowest BCUT2D eigenvalue weighted by Crippen LogP contribution is -2.39. The highest BCUT2D eigenvalue weighted by atomic mass is 32.2. The molecule has 5 rings (SSSR count). The van der Waals surface area contributed by atoms with Crippen LogP contribution in [0, 0.1) is 6.92 Å².